The molecule has 8 heteroatoms. The van der Waals surface area contributed by atoms with E-state index in [0.29, 0.717) is 28.2 Å². The molecule has 5 nitrogen and oxygen atoms in total. The van der Waals surface area contributed by atoms with Crippen molar-refractivity contribution >= 4 is 34.5 Å². The quantitative estimate of drug-likeness (QED) is 0.685. The summed E-state index contributed by atoms with van der Waals surface area (Å²) in [6, 6.07) is 5.39. The summed E-state index contributed by atoms with van der Waals surface area (Å²) < 4.78 is 5.38. The van der Waals surface area contributed by atoms with Crippen LogP contribution in [0.4, 0.5) is 0 Å². The van der Waals surface area contributed by atoms with Crippen LogP contribution < -0.4 is 5.73 Å². The Kier molecular flexibility index (Phi) is 4.54. The monoisotopic (exact) mass is 394 g/mol. The van der Waals surface area contributed by atoms with Gasteiger partial charge in [-0.2, -0.15) is 4.98 Å². The van der Waals surface area contributed by atoms with Gasteiger partial charge in [-0.3, -0.25) is 0 Å². The molecule has 1 fully saturated rings. The molecule has 1 aliphatic rings. The predicted octanol–water partition coefficient (Wildman–Crippen LogP) is 4.82. The fourth-order valence-corrected chi connectivity index (χ4v) is 4.50. The van der Waals surface area contributed by atoms with Crippen molar-refractivity contribution in [2.75, 3.05) is 0 Å². The Morgan fingerprint density at radius 3 is 2.76 bits per heavy atom. The van der Waals surface area contributed by atoms with Crippen LogP contribution in [0, 0.1) is 0 Å². The molecule has 0 bridgehead atoms. The minimum absolute atomic E-state index is 0.439. The van der Waals surface area contributed by atoms with Gasteiger partial charge in [-0.25, -0.2) is 4.98 Å². The fraction of sp³-hybridized carbons (Fsp3) is 0.353. The van der Waals surface area contributed by atoms with E-state index < -0.39 is 5.54 Å². The zero-order valence-corrected chi connectivity index (χ0v) is 15.7. The average molecular weight is 395 g/mol. The minimum Gasteiger partial charge on any atom is -0.339 e. The SMILES string of the molecule is NC1(c2noc(Cc3csc(-c4ccc(Cl)cc4Cl)n3)n2)CCCC1. The number of hydrogen-bond acceptors (Lipinski definition) is 6. The van der Waals surface area contributed by atoms with Crippen molar-refractivity contribution in [1.82, 2.24) is 15.1 Å². The number of benzene rings is 1. The highest BCUT2D eigenvalue weighted by Gasteiger charge is 2.35. The molecule has 25 heavy (non-hydrogen) atoms. The molecule has 0 radical (unpaired) electrons. The van der Waals surface area contributed by atoms with Crippen LogP contribution in [0.25, 0.3) is 10.6 Å². The van der Waals surface area contributed by atoms with E-state index in [2.05, 4.69) is 15.1 Å². The first-order valence-electron chi connectivity index (χ1n) is 8.05. The Morgan fingerprint density at radius 1 is 1.20 bits per heavy atom. The second-order valence-electron chi connectivity index (χ2n) is 6.32. The average Bonchev–Trinajstić information content (AvgIpc) is 3.30. The number of rotatable bonds is 4. The molecule has 0 aliphatic heterocycles. The van der Waals surface area contributed by atoms with Gasteiger partial charge in [-0.05, 0) is 31.0 Å². The maximum atomic E-state index is 6.37. The highest BCUT2D eigenvalue weighted by molar-refractivity contribution is 7.13. The van der Waals surface area contributed by atoms with Gasteiger partial charge in [-0.1, -0.05) is 41.2 Å². The summed E-state index contributed by atoms with van der Waals surface area (Å²) in [4.78, 5) is 9.11. The highest BCUT2D eigenvalue weighted by Crippen LogP contribution is 2.35. The number of aromatic nitrogens is 3. The first-order chi connectivity index (χ1) is 12.0. The van der Waals surface area contributed by atoms with E-state index in [4.69, 9.17) is 33.5 Å². The number of halogens is 2. The van der Waals surface area contributed by atoms with Crippen molar-refractivity contribution in [1.29, 1.82) is 0 Å². The van der Waals surface area contributed by atoms with Crippen molar-refractivity contribution in [3.05, 3.63) is 51.0 Å². The van der Waals surface area contributed by atoms with E-state index in [1.165, 1.54) is 11.3 Å². The third-order valence-corrected chi connectivity index (χ3v) is 5.93. The van der Waals surface area contributed by atoms with E-state index in [-0.39, 0.29) is 0 Å². The van der Waals surface area contributed by atoms with Crippen LogP contribution in [0.15, 0.2) is 28.1 Å². The fourth-order valence-electron chi connectivity index (χ4n) is 3.09. The van der Waals surface area contributed by atoms with Gasteiger partial charge in [0.15, 0.2) is 5.82 Å². The predicted molar refractivity (Wildman–Crippen MR) is 99.0 cm³/mol. The largest absolute Gasteiger partial charge is 0.339 e. The zero-order valence-electron chi connectivity index (χ0n) is 13.3. The van der Waals surface area contributed by atoms with Crippen molar-refractivity contribution in [3.63, 3.8) is 0 Å². The van der Waals surface area contributed by atoms with E-state index in [1.54, 1.807) is 12.1 Å². The lowest BCUT2D eigenvalue weighted by Gasteiger charge is -2.17. The standard InChI is InChI=1S/C17H16Cl2N4OS/c18-10-3-4-12(13(19)7-10)15-21-11(9-25-15)8-14-22-16(23-24-14)17(20)5-1-2-6-17/h3-4,7,9H,1-2,5-6,8,20H2. The van der Waals surface area contributed by atoms with Crippen LogP contribution in [0.2, 0.25) is 10.0 Å². The molecule has 0 atom stereocenters. The molecule has 0 spiro atoms. The van der Waals surface area contributed by atoms with Gasteiger partial charge in [-0.15, -0.1) is 11.3 Å². The van der Waals surface area contributed by atoms with Crippen molar-refractivity contribution < 1.29 is 4.52 Å². The van der Waals surface area contributed by atoms with Crippen LogP contribution in [0.5, 0.6) is 0 Å². The third kappa shape index (κ3) is 3.44. The van der Waals surface area contributed by atoms with Gasteiger partial charge in [0, 0.05) is 16.0 Å². The molecule has 130 valence electrons. The molecule has 4 rings (SSSR count). The second kappa shape index (κ2) is 6.68. The third-order valence-electron chi connectivity index (χ3n) is 4.45. The van der Waals surface area contributed by atoms with Crippen LogP contribution in [-0.4, -0.2) is 15.1 Å². The normalized spacial score (nSPS) is 16.4. The lowest BCUT2D eigenvalue weighted by atomic mass is 9.99. The molecule has 2 heterocycles. The lowest BCUT2D eigenvalue weighted by molar-refractivity contribution is 0.352. The van der Waals surface area contributed by atoms with Gasteiger partial charge >= 0.3 is 0 Å². The molecule has 1 aliphatic carbocycles. The van der Waals surface area contributed by atoms with Gasteiger partial charge in [0.25, 0.3) is 0 Å². The minimum atomic E-state index is -0.439. The zero-order chi connectivity index (χ0) is 17.4. The number of thiazole rings is 1. The first-order valence-corrected chi connectivity index (χ1v) is 9.69. The molecular formula is C17H16Cl2N4OS. The van der Waals surface area contributed by atoms with Gasteiger partial charge in [0.05, 0.1) is 22.7 Å². The maximum Gasteiger partial charge on any atom is 0.232 e. The topological polar surface area (TPSA) is 77.8 Å². The lowest BCUT2D eigenvalue weighted by Crippen LogP contribution is -2.34. The highest BCUT2D eigenvalue weighted by atomic mass is 35.5. The molecule has 0 unspecified atom stereocenters. The van der Waals surface area contributed by atoms with Crippen LogP contribution in [0.3, 0.4) is 0 Å². The van der Waals surface area contributed by atoms with Crippen LogP contribution in [-0.2, 0) is 12.0 Å². The van der Waals surface area contributed by atoms with E-state index >= 15 is 0 Å². The Bertz CT molecular complexity index is 902. The van der Waals surface area contributed by atoms with Gasteiger partial charge in [0.1, 0.15) is 5.01 Å². The molecule has 3 aromatic rings. The van der Waals surface area contributed by atoms with Crippen molar-refractivity contribution in [3.8, 4) is 10.6 Å². The van der Waals surface area contributed by atoms with E-state index in [9.17, 15) is 0 Å². The smallest absolute Gasteiger partial charge is 0.232 e. The molecule has 1 aromatic carbocycles. The van der Waals surface area contributed by atoms with Crippen LogP contribution >= 0.6 is 34.5 Å². The molecular weight excluding hydrogens is 379 g/mol. The summed E-state index contributed by atoms with van der Waals surface area (Å²) >= 11 is 13.7. The summed E-state index contributed by atoms with van der Waals surface area (Å²) in [7, 11) is 0. The molecule has 2 aromatic heterocycles. The van der Waals surface area contributed by atoms with E-state index in [1.807, 2.05) is 11.4 Å². The summed E-state index contributed by atoms with van der Waals surface area (Å²) in [6.07, 6.45) is 4.50. The Labute approximate surface area is 159 Å². The number of nitrogens with two attached hydrogens (primary N) is 1. The Morgan fingerprint density at radius 2 is 2.00 bits per heavy atom. The second-order valence-corrected chi connectivity index (χ2v) is 8.02. The molecule has 1 saturated carbocycles. The number of hydrogen-bond donors (Lipinski definition) is 1. The van der Waals surface area contributed by atoms with E-state index in [0.717, 1.165) is 41.9 Å². The number of nitrogens with zero attached hydrogens (tertiary/aromatic N) is 3. The summed E-state index contributed by atoms with van der Waals surface area (Å²) in [5.41, 5.74) is 7.65. The molecule has 2 N–H and O–H groups in total. The van der Waals surface area contributed by atoms with Crippen molar-refractivity contribution in [2.45, 2.75) is 37.6 Å². The molecule has 0 amide bonds. The maximum absolute atomic E-state index is 6.37. The first kappa shape index (κ1) is 17.0. The van der Waals surface area contributed by atoms with Crippen LogP contribution in [0.1, 0.15) is 43.1 Å². The van der Waals surface area contributed by atoms with Gasteiger partial charge < -0.3 is 10.3 Å². The summed E-state index contributed by atoms with van der Waals surface area (Å²) in [6.45, 7) is 0. The van der Waals surface area contributed by atoms with Crippen molar-refractivity contribution in [2.24, 2.45) is 5.73 Å². The summed E-state index contributed by atoms with van der Waals surface area (Å²) in [5.74, 6) is 1.14. The Hall–Kier alpha value is -1.47. The Balaban J connectivity index is 1.53. The van der Waals surface area contributed by atoms with Gasteiger partial charge in [0.2, 0.25) is 5.89 Å². The molecule has 0 saturated heterocycles. The summed E-state index contributed by atoms with van der Waals surface area (Å²) in [5, 5.41) is 8.08.